The van der Waals surface area contributed by atoms with E-state index in [9.17, 15) is 14.4 Å². The molecule has 2 unspecified atom stereocenters. The number of benzene rings is 1. The maximum atomic E-state index is 13.3. The van der Waals surface area contributed by atoms with Crippen LogP contribution >= 0.6 is 23.2 Å². The van der Waals surface area contributed by atoms with Crippen LogP contribution in [0.3, 0.4) is 0 Å². The van der Waals surface area contributed by atoms with Crippen molar-refractivity contribution in [2.24, 2.45) is 11.8 Å². The second-order valence-electron chi connectivity index (χ2n) is 9.69. The van der Waals surface area contributed by atoms with E-state index in [0.29, 0.717) is 41.8 Å². The largest absolute Gasteiger partial charge is 0.353 e. The maximum Gasteiger partial charge on any atom is 0.253 e. The molecule has 3 fully saturated rings. The van der Waals surface area contributed by atoms with Crippen LogP contribution in [-0.4, -0.2) is 59.7 Å². The monoisotopic (exact) mass is 493 g/mol. The van der Waals surface area contributed by atoms with Crippen LogP contribution in [0.4, 0.5) is 0 Å². The highest BCUT2D eigenvalue weighted by molar-refractivity contribution is 6.42. The van der Waals surface area contributed by atoms with Crippen molar-refractivity contribution in [3.8, 4) is 0 Å². The first kappa shape index (κ1) is 24.3. The molecule has 0 bridgehead atoms. The van der Waals surface area contributed by atoms with Gasteiger partial charge in [-0.15, -0.1) is 0 Å². The summed E-state index contributed by atoms with van der Waals surface area (Å²) < 4.78 is 0. The number of likely N-dealkylation sites (tertiary alicyclic amines) is 2. The van der Waals surface area contributed by atoms with Crippen molar-refractivity contribution in [2.45, 2.75) is 63.8 Å². The van der Waals surface area contributed by atoms with Crippen LogP contribution < -0.4 is 5.32 Å². The fraction of sp³-hybridized carbons (Fsp3) is 0.640. The molecule has 1 saturated carbocycles. The molecule has 33 heavy (non-hydrogen) atoms. The molecule has 3 aliphatic rings. The van der Waals surface area contributed by atoms with Gasteiger partial charge in [-0.2, -0.15) is 0 Å². The van der Waals surface area contributed by atoms with E-state index in [1.165, 1.54) is 19.3 Å². The number of hydrogen-bond acceptors (Lipinski definition) is 3. The van der Waals surface area contributed by atoms with Gasteiger partial charge in [0.25, 0.3) is 5.91 Å². The van der Waals surface area contributed by atoms with Crippen molar-refractivity contribution in [2.75, 3.05) is 26.2 Å². The Morgan fingerprint density at radius 2 is 1.45 bits per heavy atom. The highest BCUT2D eigenvalue weighted by Gasteiger charge is 2.35. The van der Waals surface area contributed by atoms with Gasteiger partial charge in [-0.3, -0.25) is 14.4 Å². The molecule has 180 valence electrons. The Balaban J connectivity index is 1.34. The van der Waals surface area contributed by atoms with E-state index in [1.807, 2.05) is 4.90 Å². The summed E-state index contributed by atoms with van der Waals surface area (Å²) in [4.78, 5) is 42.7. The fourth-order valence-corrected chi connectivity index (χ4v) is 5.69. The molecule has 2 saturated heterocycles. The number of halogens is 2. The van der Waals surface area contributed by atoms with Gasteiger partial charge in [0.05, 0.1) is 21.9 Å². The van der Waals surface area contributed by atoms with Gasteiger partial charge in [0.2, 0.25) is 11.8 Å². The van der Waals surface area contributed by atoms with Gasteiger partial charge in [-0.05, 0) is 56.7 Å². The third-order valence-electron chi connectivity index (χ3n) is 7.28. The van der Waals surface area contributed by atoms with Crippen LogP contribution in [0.25, 0.3) is 0 Å². The van der Waals surface area contributed by atoms with Crippen LogP contribution in [0.2, 0.25) is 10.0 Å². The molecule has 0 radical (unpaired) electrons. The average molecular weight is 494 g/mol. The van der Waals surface area contributed by atoms with Crippen LogP contribution in [0.5, 0.6) is 0 Å². The number of rotatable bonds is 4. The Labute approximate surface area is 206 Å². The first-order valence-electron chi connectivity index (χ1n) is 12.3. The summed E-state index contributed by atoms with van der Waals surface area (Å²) in [6, 6.07) is 5.16. The first-order valence-corrected chi connectivity index (χ1v) is 13.0. The van der Waals surface area contributed by atoms with Gasteiger partial charge in [-0.1, -0.05) is 42.5 Å². The Kier molecular flexibility index (Phi) is 8.18. The lowest BCUT2D eigenvalue weighted by molar-refractivity contribution is -0.140. The highest BCUT2D eigenvalue weighted by Crippen LogP contribution is 2.27. The average Bonchev–Trinajstić information content (AvgIpc) is 2.85. The standard InChI is InChI=1S/C25H33Cl2N3O3/c26-21-11-10-17(14-22(21)27)24(32)30-13-5-7-19(16-30)25(33)29-12-4-6-18(15-29)23(31)28-20-8-2-1-3-9-20/h10-11,14,18-20H,1-9,12-13,15-16H2,(H,28,31). The molecule has 1 N–H and O–H groups in total. The first-order chi connectivity index (χ1) is 15.9. The van der Waals surface area contributed by atoms with Crippen molar-refractivity contribution in [3.05, 3.63) is 33.8 Å². The lowest BCUT2D eigenvalue weighted by Crippen LogP contribution is -2.51. The minimum Gasteiger partial charge on any atom is -0.353 e. The molecule has 4 rings (SSSR count). The zero-order chi connectivity index (χ0) is 23.4. The van der Waals surface area contributed by atoms with Gasteiger partial charge >= 0.3 is 0 Å². The molecule has 2 atom stereocenters. The van der Waals surface area contributed by atoms with E-state index < -0.39 is 0 Å². The molecule has 1 aromatic carbocycles. The minimum absolute atomic E-state index is 0.0665. The number of carbonyl (C=O) groups is 3. The van der Waals surface area contributed by atoms with Crippen molar-refractivity contribution in [1.29, 1.82) is 0 Å². The van der Waals surface area contributed by atoms with Crippen LogP contribution in [-0.2, 0) is 9.59 Å². The molecular formula is C25H33Cl2N3O3. The quantitative estimate of drug-likeness (QED) is 0.669. The van der Waals surface area contributed by atoms with Crippen molar-refractivity contribution >= 4 is 40.9 Å². The third kappa shape index (κ3) is 6.02. The van der Waals surface area contributed by atoms with E-state index in [4.69, 9.17) is 23.2 Å². The lowest BCUT2D eigenvalue weighted by atomic mass is 9.91. The van der Waals surface area contributed by atoms with Gasteiger partial charge in [-0.25, -0.2) is 0 Å². The number of carbonyl (C=O) groups excluding carboxylic acids is 3. The van der Waals surface area contributed by atoms with E-state index in [0.717, 1.165) is 38.5 Å². The number of hydrogen-bond donors (Lipinski definition) is 1. The van der Waals surface area contributed by atoms with Gasteiger partial charge in [0, 0.05) is 37.8 Å². The summed E-state index contributed by atoms with van der Waals surface area (Å²) >= 11 is 12.1. The van der Waals surface area contributed by atoms with Crippen LogP contribution in [0.15, 0.2) is 18.2 Å². The van der Waals surface area contributed by atoms with Gasteiger partial charge < -0.3 is 15.1 Å². The fourth-order valence-electron chi connectivity index (χ4n) is 5.39. The van der Waals surface area contributed by atoms with Gasteiger partial charge in [0.1, 0.15) is 0 Å². The topological polar surface area (TPSA) is 69.7 Å². The molecule has 8 heteroatoms. The van der Waals surface area contributed by atoms with Crippen molar-refractivity contribution in [3.63, 3.8) is 0 Å². The predicted octanol–water partition coefficient (Wildman–Crippen LogP) is 4.53. The second kappa shape index (κ2) is 11.1. The molecule has 0 spiro atoms. The zero-order valence-electron chi connectivity index (χ0n) is 19.0. The molecule has 0 aromatic heterocycles. The molecular weight excluding hydrogens is 461 g/mol. The van der Waals surface area contributed by atoms with Crippen LogP contribution in [0, 0.1) is 11.8 Å². The van der Waals surface area contributed by atoms with Gasteiger partial charge in [0.15, 0.2) is 0 Å². The lowest BCUT2D eigenvalue weighted by Gasteiger charge is -2.38. The molecule has 2 heterocycles. The smallest absolute Gasteiger partial charge is 0.253 e. The van der Waals surface area contributed by atoms with Crippen molar-refractivity contribution in [1.82, 2.24) is 15.1 Å². The summed E-state index contributed by atoms with van der Waals surface area (Å²) in [5.74, 6) is -0.335. The normalized spacial score (nSPS) is 24.4. The molecule has 6 nitrogen and oxygen atoms in total. The summed E-state index contributed by atoms with van der Waals surface area (Å²) in [5.41, 5.74) is 0.481. The summed E-state index contributed by atoms with van der Waals surface area (Å²) in [6.45, 7) is 2.18. The summed E-state index contributed by atoms with van der Waals surface area (Å²) in [6.07, 6.45) is 8.95. The minimum atomic E-state index is -0.231. The highest BCUT2D eigenvalue weighted by atomic mass is 35.5. The Bertz CT molecular complexity index is 888. The second-order valence-corrected chi connectivity index (χ2v) is 10.5. The maximum absolute atomic E-state index is 13.3. The Hall–Kier alpha value is -1.79. The molecule has 1 aromatic rings. The Morgan fingerprint density at radius 1 is 0.788 bits per heavy atom. The third-order valence-corrected chi connectivity index (χ3v) is 8.02. The summed E-state index contributed by atoms with van der Waals surface area (Å²) in [5, 5.41) is 3.98. The summed E-state index contributed by atoms with van der Waals surface area (Å²) in [7, 11) is 0. The number of nitrogens with zero attached hydrogens (tertiary/aromatic N) is 2. The van der Waals surface area contributed by atoms with Crippen LogP contribution in [0.1, 0.15) is 68.1 Å². The molecule has 3 amide bonds. The number of piperidine rings is 2. The van der Waals surface area contributed by atoms with Crippen molar-refractivity contribution < 1.29 is 14.4 Å². The molecule has 1 aliphatic carbocycles. The molecule has 2 aliphatic heterocycles. The predicted molar refractivity (Wildman–Crippen MR) is 129 cm³/mol. The SMILES string of the molecule is O=C(NC1CCCCC1)C1CCCN(C(=O)C2CCCN(C(=O)c3ccc(Cl)c(Cl)c3)C2)C1. The number of amides is 3. The van der Waals surface area contributed by atoms with E-state index in [-0.39, 0.29) is 35.6 Å². The Morgan fingerprint density at radius 3 is 2.18 bits per heavy atom. The van der Waals surface area contributed by atoms with E-state index >= 15 is 0 Å². The van der Waals surface area contributed by atoms with E-state index in [1.54, 1.807) is 23.1 Å². The van der Waals surface area contributed by atoms with E-state index in [2.05, 4.69) is 5.32 Å². The zero-order valence-corrected chi connectivity index (χ0v) is 20.5. The number of nitrogens with one attached hydrogen (secondary N) is 1.